The Balaban J connectivity index is 2.00. The minimum absolute atomic E-state index is 0.271. The van der Waals surface area contributed by atoms with Crippen LogP contribution in [0.1, 0.15) is 31.9 Å². The average molecular weight is 268 g/mol. The first-order valence-electron chi connectivity index (χ1n) is 6.88. The van der Waals surface area contributed by atoms with E-state index in [1.165, 1.54) is 12.5 Å². The van der Waals surface area contributed by atoms with Crippen LogP contribution in [0.25, 0.3) is 0 Å². The highest BCUT2D eigenvalue weighted by molar-refractivity contribution is 5.21. The molecule has 1 aromatic rings. The molecular weight excluding hydrogens is 246 g/mol. The molecule has 1 fully saturated rings. The summed E-state index contributed by atoms with van der Waals surface area (Å²) in [6.07, 6.45) is 1.25. The highest BCUT2D eigenvalue weighted by Gasteiger charge is 2.23. The first-order chi connectivity index (χ1) is 8.95. The Morgan fingerprint density at radius 3 is 2.42 bits per heavy atom. The lowest BCUT2D eigenvalue weighted by Gasteiger charge is -2.36. The fourth-order valence-corrected chi connectivity index (χ4v) is 3.07. The van der Waals surface area contributed by atoms with Crippen molar-refractivity contribution < 1.29 is 8.78 Å². The van der Waals surface area contributed by atoms with Crippen molar-refractivity contribution in [1.29, 1.82) is 0 Å². The number of hydrogen-bond donors (Lipinski definition) is 1. The Hall–Kier alpha value is -1.00. The van der Waals surface area contributed by atoms with Gasteiger partial charge in [-0.15, -0.1) is 0 Å². The minimum atomic E-state index is -0.826. The van der Waals surface area contributed by atoms with Gasteiger partial charge in [-0.2, -0.15) is 0 Å². The first kappa shape index (κ1) is 14.4. The van der Waals surface area contributed by atoms with E-state index < -0.39 is 11.6 Å². The Morgan fingerprint density at radius 1 is 1.21 bits per heavy atom. The van der Waals surface area contributed by atoms with E-state index in [0.717, 1.165) is 19.2 Å². The number of halogens is 2. The third kappa shape index (κ3) is 3.74. The van der Waals surface area contributed by atoms with E-state index in [1.54, 1.807) is 6.07 Å². The Morgan fingerprint density at radius 2 is 1.84 bits per heavy atom. The van der Waals surface area contributed by atoms with Gasteiger partial charge < -0.3 is 10.6 Å². The van der Waals surface area contributed by atoms with Gasteiger partial charge in [0.25, 0.3) is 0 Å². The molecule has 19 heavy (non-hydrogen) atoms. The maximum Gasteiger partial charge on any atom is 0.159 e. The molecule has 3 unspecified atom stereocenters. The molecule has 0 aliphatic carbocycles. The lowest BCUT2D eigenvalue weighted by atomic mass is 9.91. The minimum Gasteiger partial charge on any atom is -0.323 e. The van der Waals surface area contributed by atoms with Crippen molar-refractivity contribution in [2.45, 2.75) is 26.3 Å². The van der Waals surface area contributed by atoms with E-state index in [9.17, 15) is 8.78 Å². The summed E-state index contributed by atoms with van der Waals surface area (Å²) in [6, 6.07) is 3.65. The fourth-order valence-electron chi connectivity index (χ4n) is 3.07. The van der Waals surface area contributed by atoms with Crippen LogP contribution < -0.4 is 5.73 Å². The maximum atomic E-state index is 13.2. The summed E-state index contributed by atoms with van der Waals surface area (Å²) in [5.74, 6) is -0.314. The zero-order valence-electron chi connectivity index (χ0n) is 11.6. The van der Waals surface area contributed by atoms with Gasteiger partial charge in [0.2, 0.25) is 0 Å². The highest BCUT2D eigenvalue weighted by Crippen LogP contribution is 2.23. The van der Waals surface area contributed by atoms with Crippen LogP contribution in [-0.4, -0.2) is 24.5 Å². The largest absolute Gasteiger partial charge is 0.323 e. The molecule has 3 atom stereocenters. The van der Waals surface area contributed by atoms with E-state index in [-0.39, 0.29) is 6.04 Å². The van der Waals surface area contributed by atoms with Gasteiger partial charge in [-0.05, 0) is 36.0 Å². The van der Waals surface area contributed by atoms with E-state index in [4.69, 9.17) is 5.73 Å². The number of hydrogen-bond acceptors (Lipinski definition) is 2. The quantitative estimate of drug-likeness (QED) is 0.913. The molecule has 0 aromatic heterocycles. The second-order valence-electron chi connectivity index (χ2n) is 5.94. The van der Waals surface area contributed by atoms with Crippen LogP contribution in [0.5, 0.6) is 0 Å². The molecule has 2 N–H and O–H groups in total. The summed E-state index contributed by atoms with van der Waals surface area (Å²) in [5.41, 5.74) is 6.76. The molecule has 1 aliphatic heterocycles. The van der Waals surface area contributed by atoms with Crippen molar-refractivity contribution in [3.8, 4) is 0 Å². The summed E-state index contributed by atoms with van der Waals surface area (Å²) >= 11 is 0. The molecule has 106 valence electrons. The lowest BCUT2D eigenvalue weighted by Crippen LogP contribution is -2.42. The van der Waals surface area contributed by atoms with E-state index in [2.05, 4.69) is 18.7 Å². The SMILES string of the molecule is CC1CC(C)CN(CC(N)c2ccc(F)c(F)c2)C1. The van der Waals surface area contributed by atoms with Gasteiger partial charge in [0, 0.05) is 25.7 Å². The molecule has 1 saturated heterocycles. The molecule has 4 heteroatoms. The molecule has 0 spiro atoms. The van der Waals surface area contributed by atoms with Crippen LogP contribution in [0.2, 0.25) is 0 Å². The summed E-state index contributed by atoms with van der Waals surface area (Å²) in [6.45, 7) is 7.24. The Labute approximate surface area is 113 Å². The predicted octanol–water partition coefficient (Wildman–Crippen LogP) is 2.94. The lowest BCUT2D eigenvalue weighted by molar-refractivity contribution is 0.134. The van der Waals surface area contributed by atoms with Gasteiger partial charge in [-0.3, -0.25) is 0 Å². The second-order valence-corrected chi connectivity index (χ2v) is 5.94. The number of piperidine rings is 1. The summed E-state index contributed by atoms with van der Waals surface area (Å²) in [4.78, 5) is 2.32. The fraction of sp³-hybridized carbons (Fsp3) is 0.600. The van der Waals surface area contributed by atoms with Crippen molar-refractivity contribution >= 4 is 0 Å². The number of benzene rings is 1. The standard InChI is InChI=1S/C15H22F2N2/c1-10-5-11(2)8-19(7-10)9-15(18)12-3-4-13(16)14(17)6-12/h3-4,6,10-11,15H,5,7-9,18H2,1-2H3. The molecule has 1 heterocycles. The maximum absolute atomic E-state index is 13.2. The van der Waals surface area contributed by atoms with Crippen LogP contribution >= 0.6 is 0 Å². The molecule has 0 amide bonds. The molecular formula is C15H22F2N2. The third-order valence-corrected chi connectivity index (χ3v) is 3.77. The third-order valence-electron chi connectivity index (χ3n) is 3.77. The van der Waals surface area contributed by atoms with E-state index in [1.807, 2.05) is 0 Å². The molecule has 0 bridgehead atoms. The first-order valence-corrected chi connectivity index (χ1v) is 6.88. The molecule has 0 saturated carbocycles. The van der Waals surface area contributed by atoms with Gasteiger partial charge >= 0.3 is 0 Å². The van der Waals surface area contributed by atoms with Crippen molar-refractivity contribution in [2.75, 3.05) is 19.6 Å². The zero-order valence-corrected chi connectivity index (χ0v) is 11.6. The number of likely N-dealkylation sites (tertiary alicyclic amines) is 1. The Kier molecular flexibility index (Phi) is 4.53. The van der Waals surface area contributed by atoms with Gasteiger partial charge in [0.05, 0.1) is 0 Å². The van der Waals surface area contributed by atoms with Gasteiger partial charge in [-0.1, -0.05) is 19.9 Å². The average Bonchev–Trinajstić information content (AvgIpc) is 2.31. The van der Waals surface area contributed by atoms with Gasteiger partial charge in [0.1, 0.15) is 0 Å². The summed E-state index contributed by atoms with van der Waals surface area (Å²) in [5, 5.41) is 0. The van der Waals surface area contributed by atoms with Crippen molar-refractivity contribution in [2.24, 2.45) is 17.6 Å². The van der Waals surface area contributed by atoms with Crippen molar-refractivity contribution in [3.05, 3.63) is 35.4 Å². The second kappa shape index (κ2) is 5.97. The van der Waals surface area contributed by atoms with E-state index in [0.29, 0.717) is 23.9 Å². The molecule has 2 nitrogen and oxygen atoms in total. The Bertz CT molecular complexity index is 426. The van der Waals surface area contributed by atoms with Crippen LogP contribution in [0.15, 0.2) is 18.2 Å². The summed E-state index contributed by atoms with van der Waals surface area (Å²) < 4.78 is 26.1. The number of nitrogens with zero attached hydrogens (tertiary/aromatic N) is 1. The number of nitrogens with two attached hydrogens (primary N) is 1. The smallest absolute Gasteiger partial charge is 0.159 e. The zero-order chi connectivity index (χ0) is 14.0. The molecule has 1 aliphatic rings. The van der Waals surface area contributed by atoms with Gasteiger partial charge in [-0.25, -0.2) is 8.78 Å². The van der Waals surface area contributed by atoms with Gasteiger partial charge in [0.15, 0.2) is 11.6 Å². The monoisotopic (exact) mass is 268 g/mol. The topological polar surface area (TPSA) is 29.3 Å². The predicted molar refractivity (Wildman–Crippen MR) is 72.7 cm³/mol. The molecule has 0 radical (unpaired) electrons. The van der Waals surface area contributed by atoms with Crippen molar-refractivity contribution in [3.63, 3.8) is 0 Å². The van der Waals surface area contributed by atoms with E-state index >= 15 is 0 Å². The summed E-state index contributed by atoms with van der Waals surface area (Å²) in [7, 11) is 0. The van der Waals surface area contributed by atoms with Crippen LogP contribution in [0.4, 0.5) is 8.78 Å². The molecule has 1 aromatic carbocycles. The normalized spacial score (nSPS) is 26.4. The molecule has 2 rings (SSSR count). The van der Waals surface area contributed by atoms with Crippen molar-refractivity contribution in [1.82, 2.24) is 4.90 Å². The van der Waals surface area contributed by atoms with Crippen LogP contribution in [0, 0.1) is 23.5 Å². The van der Waals surface area contributed by atoms with Crippen LogP contribution in [-0.2, 0) is 0 Å². The number of rotatable bonds is 3. The van der Waals surface area contributed by atoms with Crippen LogP contribution in [0.3, 0.4) is 0 Å². The highest BCUT2D eigenvalue weighted by atomic mass is 19.2.